The smallest absolute Gasteiger partial charge is 0.225 e. The molecule has 1 fully saturated rings. The molecule has 1 aromatic heterocycles. The standard InChI is InChI=1S/C17H27N3O/c1-4-7-14(2)17(21)19(3)15-9-12-20(13-10-15)16-8-5-6-11-18-16/h5-6,8,11,14-15H,4,7,9-10,12-13H2,1-3H3/t14-/m0/s1. The van der Waals surface area contributed by atoms with Gasteiger partial charge in [-0.05, 0) is 31.4 Å². The van der Waals surface area contributed by atoms with Crippen LogP contribution < -0.4 is 4.90 Å². The molecule has 0 radical (unpaired) electrons. The van der Waals surface area contributed by atoms with Gasteiger partial charge in [-0.15, -0.1) is 0 Å². The number of amides is 1. The van der Waals surface area contributed by atoms with Gasteiger partial charge >= 0.3 is 0 Å². The highest BCUT2D eigenvalue weighted by Gasteiger charge is 2.27. The summed E-state index contributed by atoms with van der Waals surface area (Å²) in [5.41, 5.74) is 0. The minimum atomic E-state index is 0.147. The van der Waals surface area contributed by atoms with E-state index in [1.54, 1.807) is 0 Å². The third-order valence-electron chi connectivity index (χ3n) is 4.48. The Balaban J connectivity index is 1.87. The fourth-order valence-electron chi connectivity index (χ4n) is 3.11. The molecule has 1 aliphatic heterocycles. The first-order valence-electron chi connectivity index (χ1n) is 8.06. The number of pyridine rings is 1. The summed E-state index contributed by atoms with van der Waals surface area (Å²) in [5.74, 6) is 1.49. The van der Waals surface area contributed by atoms with Crippen LogP contribution in [-0.2, 0) is 4.79 Å². The second-order valence-corrected chi connectivity index (χ2v) is 6.05. The van der Waals surface area contributed by atoms with Crippen molar-refractivity contribution in [2.75, 3.05) is 25.0 Å². The van der Waals surface area contributed by atoms with Crippen LogP contribution in [0.5, 0.6) is 0 Å². The van der Waals surface area contributed by atoms with E-state index in [0.717, 1.165) is 44.6 Å². The molecule has 0 aromatic carbocycles. The maximum absolute atomic E-state index is 12.4. The second kappa shape index (κ2) is 7.43. The van der Waals surface area contributed by atoms with Crippen LogP contribution in [0.4, 0.5) is 5.82 Å². The Morgan fingerprint density at radius 1 is 1.43 bits per heavy atom. The number of anilines is 1. The molecular formula is C17H27N3O. The quantitative estimate of drug-likeness (QED) is 0.836. The zero-order valence-electron chi connectivity index (χ0n) is 13.5. The third-order valence-corrected chi connectivity index (χ3v) is 4.48. The summed E-state index contributed by atoms with van der Waals surface area (Å²) in [6.07, 6.45) is 5.94. The van der Waals surface area contributed by atoms with Crippen LogP contribution in [0.15, 0.2) is 24.4 Å². The SMILES string of the molecule is CCC[C@H](C)C(=O)N(C)C1CCN(c2ccccn2)CC1. The molecule has 0 bridgehead atoms. The summed E-state index contributed by atoms with van der Waals surface area (Å²) in [6.45, 7) is 6.13. The van der Waals surface area contributed by atoms with Gasteiger partial charge in [0.05, 0.1) is 0 Å². The molecule has 116 valence electrons. The number of carbonyl (C=O) groups excluding carboxylic acids is 1. The maximum atomic E-state index is 12.4. The number of piperidine rings is 1. The summed E-state index contributed by atoms with van der Waals surface area (Å²) in [4.78, 5) is 21.1. The lowest BCUT2D eigenvalue weighted by molar-refractivity contribution is -0.136. The Labute approximate surface area is 128 Å². The van der Waals surface area contributed by atoms with Crippen molar-refractivity contribution in [1.29, 1.82) is 0 Å². The van der Waals surface area contributed by atoms with Crippen molar-refractivity contribution in [2.24, 2.45) is 5.92 Å². The van der Waals surface area contributed by atoms with E-state index in [1.807, 2.05) is 37.2 Å². The molecule has 0 N–H and O–H groups in total. The first-order valence-corrected chi connectivity index (χ1v) is 8.06. The molecule has 0 aliphatic carbocycles. The summed E-state index contributed by atoms with van der Waals surface area (Å²) >= 11 is 0. The van der Waals surface area contributed by atoms with Crippen molar-refractivity contribution in [1.82, 2.24) is 9.88 Å². The minimum Gasteiger partial charge on any atom is -0.356 e. The predicted octanol–water partition coefficient (Wildman–Crippen LogP) is 2.95. The molecule has 0 spiro atoms. The van der Waals surface area contributed by atoms with Gasteiger partial charge in [0, 0.05) is 38.3 Å². The number of hydrogen-bond acceptors (Lipinski definition) is 3. The third kappa shape index (κ3) is 3.96. The van der Waals surface area contributed by atoms with Crippen molar-refractivity contribution in [3.63, 3.8) is 0 Å². The topological polar surface area (TPSA) is 36.4 Å². The normalized spacial score (nSPS) is 17.6. The molecule has 2 rings (SSSR count). The predicted molar refractivity (Wildman–Crippen MR) is 86.3 cm³/mol. The van der Waals surface area contributed by atoms with E-state index in [0.29, 0.717) is 11.9 Å². The lowest BCUT2D eigenvalue weighted by Gasteiger charge is -2.38. The first kappa shape index (κ1) is 15.8. The molecule has 1 amide bonds. The van der Waals surface area contributed by atoms with Crippen LogP contribution in [-0.4, -0.2) is 42.0 Å². The molecule has 4 heteroatoms. The fraction of sp³-hybridized carbons (Fsp3) is 0.647. The van der Waals surface area contributed by atoms with Crippen molar-refractivity contribution in [3.8, 4) is 0 Å². The summed E-state index contributed by atoms with van der Waals surface area (Å²) in [6, 6.07) is 6.39. The summed E-state index contributed by atoms with van der Waals surface area (Å²) in [5, 5.41) is 0. The average molecular weight is 289 g/mol. The molecule has 1 aromatic rings. The maximum Gasteiger partial charge on any atom is 0.225 e. The molecule has 21 heavy (non-hydrogen) atoms. The van der Waals surface area contributed by atoms with Crippen LogP contribution in [0.1, 0.15) is 39.5 Å². The van der Waals surface area contributed by atoms with Gasteiger partial charge in [-0.25, -0.2) is 4.98 Å². The number of carbonyl (C=O) groups is 1. The highest BCUT2D eigenvalue weighted by molar-refractivity contribution is 5.78. The lowest BCUT2D eigenvalue weighted by Crippen LogP contribution is -2.47. The Kier molecular flexibility index (Phi) is 5.59. The largest absolute Gasteiger partial charge is 0.356 e. The van der Waals surface area contributed by atoms with Crippen LogP contribution >= 0.6 is 0 Å². The van der Waals surface area contributed by atoms with Gasteiger partial charge in [0.15, 0.2) is 0 Å². The Morgan fingerprint density at radius 3 is 2.71 bits per heavy atom. The summed E-state index contributed by atoms with van der Waals surface area (Å²) in [7, 11) is 1.97. The molecule has 0 saturated carbocycles. The van der Waals surface area contributed by atoms with Crippen molar-refractivity contribution in [2.45, 2.75) is 45.6 Å². The molecular weight excluding hydrogens is 262 g/mol. The zero-order chi connectivity index (χ0) is 15.2. The number of hydrogen-bond donors (Lipinski definition) is 0. The molecule has 4 nitrogen and oxygen atoms in total. The highest BCUT2D eigenvalue weighted by Crippen LogP contribution is 2.21. The Bertz CT molecular complexity index is 441. The van der Waals surface area contributed by atoms with E-state index in [-0.39, 0.29) is 5.92 Å². The van der Waals surface area contributed by atoms with Crippen molar-refractivity contribution >= 4 is 11.7 Å². The van der Waals surface area contributed by atoms with Gasteiger partial charge < -0.3 is 9.80 Å². The average Bonchev–Trinajstić information content (AvgIpc) is 2.54. The number of nitrogens with zero attached hydrogens (tertiary/aromatic N) is 3. The molecule has 2 heterocycles. The zero-order valence-corrected chi connectivity index (χ0v) is 13.5. The lowest BCUT2D eigenvalue weighted by atomic mass is 9.99. The van der Waals surface area contributed by atoms with E-state index in [9.17, 15) is 4.79 Å². The molecule has 1 saturated heterocycles. The second-order valence-electron chi connectivity index (χ2n) is 6.05. The van der Waals surface area contributed by atoms with E-state index < -0.39 is 0 Å². The van der Waals surface area contributed by atoms with Gasteiger partial charge in [-0.2, -0.15) is 0 Å². The van der Waals surface area contributed by atoms with Crippen molar-refractivity contribution < 1.29 is 4.79 Å². The van der Waals surface area contributed by atoms with Gasteiger partial charge in [-0.3, -0.25) is 4.79 Å². The molecule has 0 unspecified atom stereocenters. The number of rotatable bonds is 5. The Morgan fingerprint density at radius 2 is 2.14 bits per heavy atom. The van der Waals surface area contributed by atoms with Gasteiger partial charge in [-0.1, -0.05) is 26.3 Å². The molecule has 1 atom stereocenters. The van der Waals surface area contributed by atoms with Crippen LogP contribution in [0.25, 0.3) is 0 Å². The van der Waals surface area contributed by atoms with Crippen LogP contribution in [0.3, 0.4) is 0 Å². The van der Waals surface area contributed by atoms with E-state index >= 15 is 0 Å². The van der Waals surface area contributed by atoms with E-state index in [2.05, 4.69) is 22.9 Å². The summed E-state index contributed by atoms with van der Waals surface area (Å²) < 4.78 is 0. The van der Waals surface area contributed by atoms with Crippen LogP contribution in [0.2, 0.25) is 0 Å². The molecule has 1 aliphatic rings. The monoisotopic (exact) mass is 289 g/mol. The van der Waals surface area contributed by atoms with Gasteiger partial charge in [0.1, 0.15) is 5.82 Å². The van der Waals surface area contributed by atoms with Crippen LogP contribution in [0, 0.1) is 5.92 Å². The number of aromatic nitrogens is 1. The van der Waals surface area contributed by atoms with Gasteiger partial charge in [0.25, 0.3) is 0 Å². The van der Waals surface area contributed by atoms with E-state index in [4.69, 9.17) is 0 Å². The van der Waals surface area contributed by atoms with Gasteiger partial charge in [0.2, 0.25) is 5.91 Å². The fourth-order valence-corrected chi connectivity index (χ4v) is 3.11. The minimum absolute atomic E-state index is 0.147. The first-order chi connectivity index (χ1) is 10.1. The van der Waals surface area contributed by atoms with E-state index in [1.165, 1.54) is 0 Å². The Hall–Kier alpha value is -1.58. The highest BCUT2D eigenvalue weighted by atomic mass is 16.2. The van der Waals surface area contributed by atoms with Crippen molar-refractivity contribution in [3.05, 3.63) is 24.4 Å².